The number of carbonyl (C=O) groups is 1. The summed E-state index contributed by atoms with van der Waals surface area (Å²) in [5.41, 5.74) is 3.40. The lowest BCUT2D eigenvalue weighted by atomic mass is 9.86. The Labute approximate surface area is 165 Å². The van der Waals surface area contributed by atoms with Gasteiger partial charge in [-0.15, -0.1) is 0 Å². The zero-order valence-corrected chi connectivity index (χ0v) is 16.6. The molecule has 3 rings (SSSR count). The van der Waals surface area contributed by atoms with Crippen LogP contribution >= 0.6 is 0 Å². The van der Waals surface area contributed by atoms with Crippen molar-refractivity contribution < 1.29 is 9.53 Å². The summed E-state index contributed by atoms with van der Waals surface area (Å²) in [7, 11) is 0. The Morgan fingerprint density at radius 2 is 1.64 bits per heavy atom. The van der Waals surface area contributed by atoms with Crippen LogP contribution in [0.3, 0.4) is 0 Å². The second-order valence-corrected chi connectivity index (χ2v) is 7.67. The van der Waals surface area contributed by atoms with E-state index in [-0.39, 0.29) is 11.4 Å². The number of nitrogens with one attached hydrogen (secondary N) is 2. The number of pyridine rings is 1. The van der Waals surface area contributed by atoms with E-state index in [1.54, 1.807) is 18.5 Å². The first-order valence-corrected chi connectivity index (χ1v) is 9.19. The zero-order valence-electron chi connectivity index (χ0n) is 16.6. The zero-order chi connectivity index (χ0) is 20.1. The fourth-order valence-electron chi connectivity index (χ4n) is 2.78. The van der Waals surface area contributed by atoms with Crippen LogP contribution in [0.15, 0.2) is 67.0 Å². The summed E-state index contributed by atoms with van der Waals surface area (Å²) in [5, 5.41) is 5.66. The van der Waals surface area contributed by atoms with Crippen molar-refractivity contribution >= 4 is 17.4 Å². The fourth-order valence-corrected chi connectivity index (χ4v) is 2.78. The van der Waals surface area contributed by atoms with Gasteiger partial charge in [0.25, 0.3) is 0 Å². The van der Waals surface area contributed by atoms with Crippen molar-refractivity contribution in [3.63, 3.8) is 0 Å². The van der Waals surface area contributed by atoms with Crippen LogP contribution < -0.4 is 15.4 Å². The van der Waals surface area contributed by atoms with E-state index in [2.05, 4.69) is 36.4 Å². The largest absolute Gasteiger partial charge is 0.453 e. The first kappa shape index (κ1) is 19.4. The Morgan fingerprint density at radius 1 is 0.929 bits per heavy atom. The number of anilines is 2. The van der Waals surface area contributed by atoms with Crippen molar-refractivity contribution in [1.82, 2.24) is 4.98 Å². The van der Waals surface area contributed by atoms with E-state index in [9.17, 15) is 4.79 Å². The van der Waals surface area contributed by atoms with Gasteiger partial charge in [-0.1, -0.05) is 56.7 Å². The molecule has 144 valence electrons. The minimum atomic E-state index is -0.344. The van der Waals surface area contributed by atoms with Crippen molar-refractivity contribution in [2.24, 2.45) is 0 Å². The monoisotopic (exact) mass is 375 g/mol. The second kappa shape index (κ2) is 8.13. The maximum absolute atomic E-state index is 12.4. The Hall–Kier alpha value is -3.34. The molecule has 0 aliphatic carbocycles. The van der Waals surface area contributed by atoms with Crippen molar-refractivity contribution in [3.8, 4) is 11.5 Å². The standard InChI is InChI=1S/C23H25N3O2/c1-16-9-11-17(12-10-16)25-22(27)26-19-13-14-24-15-21(19)28-20-8-6-5-7-18(20)23(2,3)4/h5-15H,1-4H3,(H2,24,25,26,27). The van der Waals surface area contributed by atoms with Crippen LogP contribution in [0.25, 0.3) is 0 Å². The number of amides is 2. The van der Waals surface area contributed by atoms with Gasteiger partial charge in [-0.05, 0) is 36.6 Å². The maximum Gasteiger partial charge on any atom is 0.323 e. The minimum absolute atomic E-state index is 0.0742. The normalized spacial score (nSPS) is 11.0. The van der Waals surface area contributed by atoms with Crippen molar-refractivity contribution in [2.45, 2.75) is 33.1 Å². The van der Waals surface area contributed by atoms with Crippen molar-refractivity contribution in [2.75, 3.05) is 10.6 Å². The van der Waals surface area contributed by atoms with Gasteiger partial charge in [-0.2, -0.15) is 0 Å². The summed E-state index contributed by atoms with van der Waals surface area (Å²) < 4.78 is 6.13. The molecule has 5 nitrogen and oxygen atoms in total. The molecular formula is C23H25N3O2. The molecule has 0 spiro atoms. The lowest BCUT2D eigenvalue weighted by Crippen LogP contribution is -2.20. The smallest absolute Gasteiger partial charge is 0.323 e. The minimum Gasteiger partial charge on any atom is -0.453 e. The quantitative estimate of drug-likeness (QED) is 0.577. The number of carbonyl (C=O) groups excluding carboxylic acids is 1. The Morgan fingerprint density at radius 3 is 2.36 bits per heavy atom. The van der Waals surface area contributed by atoms with Crippen LogP contribution in [0.2, 0.25) is 0 Å². The molecule has 0 fully saturated rings. The molecule has 1 aromatic heterocycles. The summed E-state index contributed by atoms with van der Waals surface area (Å²) >= 11 is 0. The summed E-state index contributed by atoms with van der Waals surface area (Å²) in [6.07, 6.45) is 3.21. The summed E-state index contributed by atoms with van der Waals surface area (Å²) in [6, 6.07) is 16.9. The maximum atomic E-state index is 12.4. The van der Waals surface area contributed by atoms with Gasteiger partial charge >= 0.3 is 6.03 Å². The molecule has 2 N–H and O–H groups in total. The highest BCUT2D eigenvalue weighted by Gasteiger charge is 2.19. The Kier molecular flexibility index (Phi) is 5.64. The number of benzene rings is 2. The molecule has 0 unspecified atom stereocenters. The molecule has 28 heavy (non-hydrogen) atoms. The average molecular weight is 375 g/mol. The number of hydrogen-bond donors (Lipinski definition) is 2. The summed E-state index contributed by atoms with van der Waals surface area (Å²) in [6.45, 7) is 8.39. The predicted molar refractivity (Wildman–Crippen MR) is 113 cm³/mol. The molecule has 0 saturated heterocycles. The average Bonchev–Trinajstić information content (AvgIpc) is 2.65. The molecule has 5 heteroatoms. The third kappa shape index (κ3) is 4.88. The predicted octanol–water partition coefficient (Wildman–Crippen LogP) is 6.12. The van der Waals surface area contributed by atoms with Gasteiger partial charge in [-0.3, -0.25) is 4.98 Å². The van der Waals surface area contributed by atoms with Gasteiger partial charge < -0.3 is 15.4 Å². The van der Waals surface area contributed by atoms with Gasteiger partial charge in [0.05, 0.1) is 11.9 Å². The molecule has 1 heterocycles. The number of para-hydroxylation sites is 1. The van der Waals surface area contributed by atoms with Crippen LogP contribution in [0.1, 0.15) is 31.9 Å². The van der Waals surface area contributed by atoms with Crippen molar-refractivity contribution in [1.29, 1.82) is 0 Å². The highest BCUT2D eigenvalue weighted by atomic mass is 16.5. The third-order valence-electron chi connectivity index (χ3n) is 4.26. The first-order valence-electron chi connectivity index (χ1n) is 9.19. The van der Waals surface area contributed by atoms with Crippen LogP contribution in [-0.2, 0) is 5.41 Å². The molecule has 3 aromatic rings. The topological polar surface area (TPSA) is 63.2 Å². The van der Waals surface area contributed by atoms with E-state index in [4.69, 9.17) is 4.74 Å². The number of aromatic nitrogens is 1. The molecular weight excluding hydrogens is 350 g/mol. The summed E-state index contributed by atoms with van der Waals surface area (Å²) in [4.78, 5) is 16.5. The van der Waals surface area contributed by atoms with Crippen LogP contribution in [-0.4, -0.2) is 11.0 Å². The van der Waals surface area contributed by atoms with Gasteiger partial charge in [0, 0.05) is 17.4 Å². The molecule has 0 bridgehead atoms. The van der Waals surface area contributed by atoms with Gasteiger partial charge in [0.1, 0.15) is 5.75 Å². The summed E-state index contributed by atoms with van der Waals surface area (Å²) in [5.74, 6) is 1.23. The molecule has 0 aliphatic rings. The molecule has 0 aliphatic heterocycles. The van der Waals surface area contributed by atoms with E-state index < -0.39 is 0 Å². The Bertz CT molecular complexity index is 960. The van der Waals surface area contributed by atoms with E-state index in [0.717, 1.165) is 22.6 Å². The number of aryl methyl sites for hydroxylation is 1. The number of hydrogen-bond acceptors (Lipinski definition) is 3. The highest BCUT2D eigenvalue weighted by molar-refractivity contribution is 6.00. The van der Waals surface area contributed by atoms with Crippen LogP contribution in [0.5, 0.6) is 11.5 Å². The number of ether oxygens (including phenoxy) is 1. The third-order valence-corrected chi connectivity index (χ3v) is 4.26. The van der Waals surface area contributed by atoms with E-state index in [1.165, 1.54) is 0 Å². The van der Waals surface area contributed by atoms with Crippen molar-refractivity contribution in [3.05, 3.63) is 78.1 Å². The first-order chi connectivity index (χ1) is 13.3. The van der Waals surface area contributed by atoms with E-state index in [0.29, 0.717) is 11.4 Å². The lowest BCUT2D eigenvalue weighted by molar-refractivity contribution is 0.262. The molecule has 0 radical (unpaired) electrons. The van der Waals surface area contributed by atoms with Gasteiger partial charge in [0.2, 0.25) is 0 Å². The SMILES string of the molecule is Cc1ccc(NC(=O)Nc2ccncc2Oc2ccccc2C(C)(C)C)cc1. The molecule has 0 saturated carbocycles. The van der Waals surface area contributed by atoms with E-state index in [1.807, 2.05) is 55.5 Å². The Balaban J connectivity index is 1.79. The highest BCUT2D eigenvalue weighted by Crippen LogP contribution is 2.36. The number of urea groups is 1. The number of nitrogens with zero attached hydrogens (tertiary/aromatic N) is 1. The van der Waals surface area contributed by atoms with Gasteiger partial charge in [-0.25, -0.2) is 4.79 Å². The van der Waals surface area contributed by atoms with Gasteiger partial charge in [0.15, 0.2) is 5.75 Å². The van der Waals surface area contributed by atoms with E-state index >= 15 is 0 Å². The molecule has 2 aromatic carbocycles. The van der Waals surface area contributed by atoms with Crippen LogP contribution in [0.4, 0.5) is 16.2 Å². The number of rotatable bonds is 4. The second-order valence-electron chi connectivity index (χ2n) is 7.67. The van der Waals surface area contributed by atoms with Crippen LogP contribution in [0, 0.1) is 6.92 Å². The fraction of sp³-hybridized carbons (Fsp3) is 0.217. The molecule has 0 atom stereocenters. The lowest BCUT2D eigenvalue weighted by Gasteiger charge is -2.23. The molecule has 2 amide bonds.